The Morgan fingerprint density at radius 1 is 0.774 bits per heavy atom. The van der Waals surface area contributed by atoms with Crippen LogP contribution in [0.5, 0.6) is 0 Å². The van der Waals surface area contributed by atoms with Gasteiger partial charge in [-0.1, -0.05) is 90.1 Å². The molecule has 2 nitrogen and oxygen atoms in total. The highest BCUT2D eigenvalue weighted by Crippen LogP contribution is 2.39. The first kappa shape index (κ1) is 17.8. The summed E-state index contributed by atoms with van der Waals surface area (Å²) < 4.78 is 29.0. The molecule has 0 N–H and O–H groups in total. The molecule has 0 unspecified atom stereocenters. The Morgan fingerprint density at radius 2 is 1.35 bits per heavy atom. The lowest BCUT2D eigenvalue weighted by Crippen LogP contribution is -2.10. The number of hydrogen-bond acceptors (Lipinski definition) is 1. The number of imidazole rings is 1. The van der Waals surface area contributed by atoms with E-state index in [0.29, 0.717) is 0 Å². The van der Waals surface area contributed by atoms with Crippen LogP contribution in [0.4, 0.5) is 0 Å². The zero-order chi connectivity index (χ0) is 25.1. The molecule has 0 aliphatic rings. The molecule has 1 aromatic heterocycles. The topological polar surface area (TPSA) is 17.8 Å². The number of rotatable bonds is 5. The van der Waals surface area contributed by atoms with Gasteiger partial charge >= 0.3 is 0 Å². The molecule has 0 spiro atoms. The molecule has 0 saturated heterocycles. The Morgan fingerprint density at radius 3 is 1.94 bits per heavy atom. The number of fused-ring (bicyclic) bond motifs is 1. The minimum Gasteiger partial charge on any atom is -0.292 e. The zero-order valence-electron chi connectivity index (χ0n) is 22.7. The fourth-order valence-corrected chi connectivity index (χ4v) is 4.18. The predicted octanol–water partition coefficient (Wildman–Crippen LogP) is 8.37. The second kappa shape index (κ2) is 8.34. The first-order valence-corrected chi connectivity index (χ1v) is 10.9. The summed E-state index contributed by atoms with van der Waals surface area (Å²) in [6.45, 7) is 13.3. The molecule has 0 bridgehead atoms. The number of aryl methyl sites for hydroxylation is 1. The molecule has 0 atom stereocenters. The van der Waals surface area contributed by atoms with Crippen molar-refractivity contribution in [3.63, 3.8) is 0 Å². The third-order valence-corrected chi connectivity index (χ3v) is 5.93. The lowest BCUT2D eigenvalue weighted by molar-refractivity contribution is 0.788. The van der Waals surface area contributed by atoms with Gasteiger partial charge in [0.2, 0.25) is 0 Å². The van der Waals surface area contributed by atoms with Crippen LogP contribution >= 0.6 is 0 Å². The molecular formula is C29H34N2. The summed E-state index contributed by atoms with van der Waals surface area (Å²) in [4.78, 5) is 5.04. The van der Waals surface area contributed by atoms with Crippen molar-refractivity contribution in [2.24, 2.45) is 0 Å². The monoisotopic (exact) mass is 413 g/mol. The highest BCUT2D eigenvalue weighted by atomic mass is 15.1. The van der Waals surface area contributed by atoms with Crippen LogP contribution in [0, 0.1) is 6.92 Å². The second-order valence-electron chi connectivity index (χ2n) is 8.99. The SMILES string of the molecule is [2H]C(C)(C)c1cc(C([2H])(C)C)c(-n2c(-c3ccccc3C)nc3ccccc32)c(C([2H])(C)C)c1. The van der Waals surface area contributed by atoms with Gasteiger partial charge in [0.1, 0.15) is 5.82 Å². The largest absolute Gasteiger partial charge is 0.292 e. The second-order valence-corrected chi connectivity index (χ2v) is 8.99. The van der Waals surface area contributed by atoms with E-state index in [9.17, 15) is 0 Å². The molecule has 0 aliphatic heterocycles. The summed E-state index contributed by atoms with van der Waals surface area (Å²) in [5.74, 6) is -1.96. The average molecular weight is 414 g/mol. The van der Waals surface area contributed by atoms with Gasteiger partial charge in [-0.3, -0.25) is 4.57 Å². The normalized spacial score (nSPS) is 14.4. The van der Waals surface area contributed by atoms with Crippen LogP contribution in [-0.4, -0.2) is 9.55 Å². The van der Waals surface area contributed by atoms with Gasteiger partial charge in [0, 0.05) is 9.68 Å². The van der Waals surface area contributed by atoms with Gasteiger partial charge in [0.15, 0.2) is 0 Å². The quantitative estimate of drug-likeness (QED) is 0.321. The van der Waals surface area contributed by atoms with Crippen LogP contribution < -0.4 is 0 Å². The van der Waals surface area contributed by atoms with E-state index >= 15 is 0 Å². The van der Waals surface area contributed by atoms with Crippen molar-refractivity contribution in [1.29, 1.82) is 0 Å². The number of para-hydroxylation sites is 2. The highest BCUT2D eigenvalue weighted by molar-refractivity contribution is 5.85. The molecule has 0 radical (unpaired) electrons. The maximum atomic E-state index is 9.09. The smallest absolute Gasteiger partial charge is 0.146 e. The predicted molar refractivity (Wildman–Crippen MR) is 134 cm³/mol. The van der Waals surface area contributed by atoms with Crippen LogP contribution in [0.3, 0.4) is 0 Å². The Kier molecular flexibility index (Phi) is 4.78. The Bertz CT molecular complexity index is 1330. The summed E-state index contributed by atoms with van der Waals surface area (Å²) >= 11 is 0. The third kappa shape index (κ3) is 3.80. The maximum Gasteiger partial charge on any atom is 0.146 e. The van der Waals surface area contributed by atoms with Crippen molar-refractivity contribution in [1.82, 2.24) is 9.55 Å². The summed E-state index contributed by atoms with van der Waals surface area (Å²) in [5, 5.41) is 0. The number of aromatic nitrogens is 2. The van der Waals surface area contributed by atoms with Gasteiger partial charge < -0.3 is 0 Å². The first-order valence-electron chi connectivity index (χ1n) is 12.4. The average Bonchev–Trinajstić information content (AvgIpc) is 3.10. The van der Waals surface area contributed by atoms with Gasteiger partial charge in [-0.2, -0.15) is 0 Å². The van der Waals surface area contributed by atoms with Crippen molar-refractivity contribution in [2.75, 3.05) is 0 Å². The molecule has 3 aromatic carbocycles. The van der Waals surface area contributed by atoms with E-state index in [0.717, 1.165) is 50.4 Å². The van der Waals surface area contributed by atoms with Gasteiger partial charge in [0.05, 0.1) is 16.7 Å². The minimum absolute atomic E-state index is 0.790. The minimum atomic E-state index is -0.953. The van der Waals surface area contributed by atoms with Crippen LogP contribution in [0.15, 0.2) is 60.7 Å². The molecule has 160 valence electrons. The molecule has 0 fully saturated rings. The first-order chi connectivity index (χ1) is 15.7. The van der Waals surface area contributed by atoms with E-state index in [4.69, 9.17) is 9.10 Å². The van der Waals surface area contributed by atoms with Crippen LogP contribution in [0.2, 0.25) is 0 Å². The van der Waals surface area contributed by atoms with Gasteiger partial charge in [-0.15, -0.1) is 0 Å². The lowest BCUT2D eigenvalue weighted by atomic mass is 9.87. The van der Waals surface area contributed by atoms with Gasteiger partial charge in [0.25, 0.3) is 0 Å². The molecule has 0 saturated carbocycles. The molecule has 0 amide bonds. The van der Waals surface area contributed by atoms with Crippen molar-refractivity contribution >= 4 is 11.0 Å². The summed E-state index contributed by atoms with van der Waals surface area (Å²) in [7, 11) is 0. The van der Waals surface area contributed by atoms with Crippen LogP contribution in [0.25, 0.3) is 28.1 Å². The Labute approximate surface area is 191 Å². The molecular weight excluding hydrogens is 376 g/mol. The summed E-state index contributed by atoms with van der Waals surface area (Å²) in [5.41, 5.74) is 7.15. The molecule has 2 heteroatoms. The van der Waals surface area contributed by atoms with Gasteiger partial charge in [-0.25, -0.2) is 4.98 Å². The number of hydrogen-bond donors (Lipinski definition) is 0. The summed E-state index contributed by atoms with van der Waals surface area (Å²) in [6, 6.07) is 20.2. The van der Waals surface area contributed by atoms with Gasteiger partial charge in [-0.05, 0) is 59.0 Å². The van der Waals surface area contributed by atoms with E-state index in [1.807, 2.05) is 90.1 Å². The van der Waals surface area contributed by atoms with E-state index in [1.54, 1.807) is 0 Å². The molecule has 4 rings (SSSR count). The van der Waals surface area contributed by atoms with Crippen molar-refractivity contribution in [3.8, 4) is 17.1 Å². The van der Waals surface area contributed by atoms with E-state index < -0.39 is 17.7 Å². The van der Waals surface area contributed by atoms with Crippen molar-refractivity contribution < 1.29 is 4.11 Å². The van der Waals surface area contributed by atoms with Crippen LogP contribution in [-0.2, 0) is 0 Å². The van der Waals surface area contributed by atoms with Crippen molar-refractivity contribution in [2.45, 2.75) is 66.1 Å². The van der Waals surface area contributed by atoms with E-state index in [-0.39, 0.29) is 0 Å². The molecule has 31 heavy (non-hydrogen) atoms. The molecule has 4 aromatic rings. The zero-order valence-corrected chi connectivity index (χ0v) is 19.7. The van der Waals surface area contributed by atoms with Crippen molar-refractivity contribution in [3.05, 3.63) is 82.9 Å². The number of nitrogens with zero attached hydrogens (tertiary/aromatic N) is 2. The Balaban J connectivity index is 2.25. The Hall–Kier alpha value is -2.87. The molecule has 1 heterocycles. The molecule has 0 aliphatic carbocycles. The van der Waals surface area contributed by atoms with E-state index in [1.165, 1.54) is 0 Å². The number of benzene rings is 3. The standard InChI is InChI=1S/C29H34N2/c1-18(2)22-16-24(19(3)4)28(25(17-22)20(5)6)31-27-15-11-10-14-26(27)30-29(31)23-13-9-8-12-21(23)7/h8-20H,1-7H3/i18D,19D,20D. The summed E-state index contributed by atoms with van der Waals surface area (Å²) in [6.07, 6.45) is 0. The fourth-order valence-electron chi connectivity index (χ4n) is 4.18. The maximum absolute atomic E-state index is 9.09. The highest BCUT2D eigenvalue weighted by Gasteiger charge is 2.23. The lowest BCUT2D eigenvalue weighted by Gasteiger charge is -2.25. The van der Waals surface area contributed by atoms with Crippen LogP contribution in [0.1, 0.15) is 85.6 Å². The fraction of sp³-hybridized carbons (Fsp3) is 0.345. The third-order valence-electron chi connectivity index (χ3n) is 5.93. The van der Waals surface area contributed by atoms with E-state index in [2.05, 4.69) is 23.6 Å².